The van der Waals surface area contributed by atoms with Crippen LogP contribution in [-0.2, 0) is 4.74 Å². The molecule has 0 atom stereocenters. The van der Waals surface area contributed by atoms with E-state index in [1.165, 1.54) is 13.3 Å². The number of ether oxygens (including phenoxy) is 1. The number of hydrogen-bond acceptors (Lipinski definition) is 6. The van der Waals surface area contributed by atoms with Gasteiger partial charge in [0, 0.05) is 12.1 Å². The molecule has 0 radical (unpaired) electrons. The highest BCUT2D eigenvalue weighted by Crippen LogP contribution is 2.17. The second kappa shape index (κ2) is 5.88. The smallest absolute Gasteiger partial charge is 0.340 e. The van der Waals surface area contributed by atoms with E-state index in [0.717, 1.165) is 0 Å². The van der Waals surface area contributed by atoms with Gasteiger partial charge in [0.1, 0.15) is 5.82 Å². The SMILES string of the molecule is COC(=O)c1cc(NCC(C)(C)N(C)C)ncc1N. The van der Waals surface area contributed by atoms with Crippen molar-refractivity contribution in [2.24, 2.45) is 0 Å². The molecule has 0 fully saturated rings. The normalized spacial score (nSPS) is 11.5. The number of methoxy groups -OCH3 is 1. The third-order valence-corrected chi connectivity index (χ3v) is 3.25. The fourth-order valence-corrected chi connectivity index (χ4v) is 1.31. The molecule has 0 aliphatic carbocycles. The summed E-state index contributed by atoms with van der Waals surface area (Å²) < 4.78 is 4.67. The highest BCUT2D eigenvalue weighted by atomic mass is 16.5. The van der Waals surface area contributed by atoms with Crippen LogP contribution in [0.2, 0.25) is 0 Å². The van der Waals surface area contributed by atoms with Gasteiger partial charge in [0.15, 0.2) is 0 Å². The minimum atomic E-state index is -0.463. The maximum absolute atomic E-state index is 11.5. The average Bonchev–Trinajstić information content (AvgIpc) is 2.36. The lowest BCUT2D eigenvalue weighted by molar-refractivity contribution is 0.0602. The Morgan fingerprint density at radius 3 is 2.68 bits per heavy atom. The number of carbonyl (C=O) groups excluding carboxylic acids is 1. The van der Waals surface area contributed by atoms with Crippen LogP contribution in [0.15, 0.2) is 12.3 Å². The molecule has 0 saturated carbocycles. The Hall–Kier alpha value is -1.82. The third-order valence-electron chi connectivity index (χ3n) is 3.25. The van der Waals surface area contributed by atoms with Crippen molar-refractivity contribution < 1.29 is 9.53 Å². The lowest BCUT2D eigenvalue weighted by Crippen LogP contribution is -2.44. The van der Waals surface area contributed by atoms with Crippen molar-refractivity contribution in [2.75, 3.05) is 38.8 Å². The Morgan fingerprint density at radius 2 is 2.16 bits per heavy atom. The first-order valence-corrected chi connectivity index (χ1v) is 6.03. The van der Waals surface area contributed by atoms with Crippen LogP contribution < -0.4 is 11.1 Å². The van der Waals surface area contributed by atoms with Gasteiger partial charge in [-0.1, -0.05) is 0 Å². The Balaban J connectivity index is 2.84. The number of anilines is 2. The Bertz CT molecular complexity index is 458. The van der Waals surface area contributed by atoms with E-state index in [4.69, 9.17) is 5.73 Å². The summed E-state index contributed by atoms with van der Waals surface area (Å²) in [5.74, 6) is 0.138. The van der Waals surface area contributed by atoms with E-state index in [-0.39, 0.29) is 5.54 Å². The van der Waals surface area contributed by atoms with E-state index in [9.17, 15) is 4.79 Å². The zero-order chi connectivity index (χ0) is 14.6. The number of likely N-dealkylation sites (N-methyl/N-ethyl adjacent to an activating group) is 1. The molecule has 106 valence electrons. The predicted octanol–water partition coefficient (Wildman–Crippen LogP) is 1.20. The molecule has 6 nitrogen and oxygen atoms in total. The van der Waals surface area contributed by atoms with Crippen LogP contribution in [0.25, 0.3) is 0 Å². The van der Waals surface area contributed by atoms with Gasteiger partial charge in [0.05, 0.1) is 24.6 Å². The zero-order valence-electron chi connectivity index (χ0n) is 12.2. The Kier molecular flexibility index (Phi) is 4.72. The quantitative estimate of drug-likeness (QED) is 0.780. The minimum absolute atomic E-state index is 0.0332. The summed E-state index contributed by atoms with van der Waals surface area (Å²) in [5, 5.41) is 3.20. The predicted molar refractivity (Wildman–Crippen MR) is 76.2 cm³/mol. The maximum Gasteiger partial charge on any atom is 0.340 e. The second-order valence-electron chi connectivity index (χ2n) is 5.21. The molecule has 0 aliphatic heterocycles. The van der Waals surface area contributed by atoms with Crippen LogP contribution in [0.1, 0.15) is 24.2 Å². The molecule has 1 heterocycles. The van der Waals surface area contributed by atoms with E-state index >= 15 is 0 Å². The number of esters is 1. The van der Waals surface area contributed by atoms with Crippen LogP contribution in [0.3, 0.4) is 0 Å². The van der Waals surface area contributed by atoms with Gasteiger partial charge in [-0.15, -0.1) is 0 Å². The molecule has 0 bridgehead atoms. The molecule has 1 rings (SSSR count). The molecule has 0 spiro atoms. The zero-order valence-corrected chi connectivity index (χ0v) is 12.2. The van der Waals surface area contributed by atoms with Crippen LogP contribution >= 0.6 is 0 Å². The molecule has 0 saturated heterocycles. The summed E-state index contributed by atoms with van der Waals surface area (Å²) >= 11 is 0. The molecule has 0 amide bonds. The molecule has 3 N–H and O–H groups in total. The van der Waals surface area contributed by atoms with Crippen molar-refractivity contribution in [3.05, 3.63) is 17.8 Å². The number of pyridine rings is 1. The number of hydrogen-bond donors (Lipinski definition) is 2. The van der Waals surface area contributed by atoms with Crippen molar-refractivity contribution in [3.8, 4) is 0 Å². The van der Waals surface area contributed by atoms with E-state index in [0.29, 0.717) is 23.6 Å². The van der Waals surface area contributed by atoms with Gasteiger partial charge in [-0.05, 0) is 34.0 Å². The molecule has 0 aromatic carbocycles. The van der Waals surface area contributed by atoms with Crippen LogP contribution in [-0.4, -0.2) is 49.1 Å². The summed E-state index contributed by atoms with van der Waals surface area (Å²) in [6.45, 7) is 4.91. The Morgan fingerprint density at radius 1 is 1.53 bits per heavy atom. The maximum atomic E-state index is 11.5. The fourth-order valence-electron chi connectivity index (χ4n) is 1.31. The topological polar surface area (TPSA) is 80.5 Å². The van der Waals surface area contributed by atoms with E-state index in [1.54, 1.807) is 6.07 Å². The first-order valence-electron chi connectivity index (χ1n) is 6.03. The lowest BCUT2D eigenvalue weighted by atomic mass is 10.0. The highest BCUT2D eigenvalue weighted by Gasteiger charge is 2.20. The minimum Gasteiger partial charge on any atom is -0.465 e. The average molecular weight is 266 g/mol. The van der Waals surface area contributed by atoms with E-state index in [2.05, 4.69) is 33.8 Å². The van der Waals surface area contributed by atoms with Gasteiger partial charge in [0.2, 0.25) is 0 Å². The number of nitrogens with one attached hydrogen (secondary N) is 1. The van der Waals surface area contributed by atoms with Crippen LogP contribution in [0, 0.1) is 0 Å². The molecular formula is C13H22N4O2. The molecule has 1 aromatic rings. The molecule has 0 aliphatic rings. The van der Waals surface area contributed by atoms with Gasteiger partial charge < -0.3 is 20.7 Å². The number of rotatable bonds is 5. The Labute approximate surface area is 113 Å². The highest BCUT2D eigenvalue weighted by molar-refractivity contribution is 5.95. The monoisotopic (exact) mass is 266 g/mol. The van der Waals surface area contributed by atoms with E-state index in [1.807, 2.05) is 14.1 Å². The van der Waals surface area contributed by atoms with Crippen LogP contribution in [0.5, 0.6) is 0 Å². The summed E-state index contributed by atoms with van der Waals surface area (Å²) in [4.78, 5) is 17.8. The number of nitrogens with zero attached hydrogens (tertiary/aromatic N) is 2. The number of nitrogen functional groups attached to an aromatic ring is 1. The van der Waals surface area contributed by atoms with Gasteiger partial charge in [-0.2, -0.15) is 0 Å². The van der Waals surface area contributed by atoms with Crippen molar-refractivity contribution in [3.63, 3.8) is 0 Å². The van der Waals surface area contributed by atoms with Crippen molar-refractivity contribution >= 4 is 17.5 Å². The van der Waals surface area contributed by atoms with Crippen LogP contribution in [0.4, 0.5) is 11.5 Å². The van der Waals surface area contributed by atoms with Crippen molar-refractivity contribution in [2.45, 2.75) is 19.4 Å². The molecule has 0 unspecified atom stereocenters. The lowest BCUT2D eigenvalue weighted by Gasteiger charge is -2.32. The first-order chi connectivity index (χ1) is 8.77. The first kappa shape index (κ1) is 15.2. The van der Waals surface area contributed by atoms with Gasteiger partial charge >= 0.3 is 5.97 Å². The summed E-state index contributed by atoms with van der Waals surface area (Å²) in [6, 6.07) is 1.60. The van der Waals surface area contributed by atoms with Crippen molar-refractivity contribution in [1.29, 1.82) is 0 Å². The van der Waals surface area contributed by atoms with Gasteiger partial charge in [-0.3, -0.25) is 0 Å². The van der Waals surface area contributed by atoms with E-state index < -0.39 is 5.97 Å². The standard InChI is InChI=1S/C13H22N4O2/c1-13(2,17(3)4)8-16-11-6-9(12(18)19-5)10(14)7-15-11/h6-7H,8,14H2,1-5H3,(H,15,16). The van der Waals surface area contributed by atoms with Crippen molar-refractivity contribution in [1.82, 2.24) is 9.88 Å². The molecular weight excluding hydrogens is 244 g/mol. The summed E-state index contributed by atoms with van der Waals surface area (Å²) in [6.07, 6.45) is 1.46. The van der Waals surface area contributed by atoms with Gasteiger partial charge in [-0.25, -0.2) is 9.78 Å². The largest absolute Gasteiger partial charge is 0.465 e. The summed E-state index contributed by atoms with van der Waals surface area (Å²) in [7, 11) is 5.35. The number of carbonyl (C=O) groups is 1. The molecule has 6 heteroatoms. The number of nitrogens with two attached hydrogens (primary N) is 1. The number of aromatic nitrogens is 1. The fraction of sp³-hybridized carbons (Fsp3) is 0.538. The molecule has 19 heavy (non-hydrogen) atoms. The molecule has 1 aromatic heterocycles. The third kappa shape index (κ3) is 3.82. The summed E-state index contributed by atoms with van der Waals surface area (Å²) in [5.41, 5.74) is 6.29. The second-order valence-corrected chi connectivity index (χ2v) is 5.21. The van der Waals surface area contributed by atoms with Gasteiger partial charge in [0.25, 0.3) is 0 Å².